The highest BCUT2D eigenvalue weighted by molar-refractivity contribution is 7.47. The Balaban J connectivity index is 3.82. The molecule has 9 nitrogen and oxygen atoms in total. The average Bonchev–Trinajstić information content (AvgIpc) is 3.37. The van der Waals surface area contributed by atoms with Crippen molar-refractivity contribution in [2.75, 3.05) is 26.4 Å². The van der Waals surface area contributed by atoms with Crippen molar-refractivity contribution in [1.82, 2.24) is 0 Å². The predicted octanol–water partition coefficient (Wildman–Crippen LogP) is 20.2. The van der Waals surface area contributed by atoms with Crippen LogP contribution in [0.2, 0.25) is 0 Å². The van der Waals surface area contributed by atoms with E-state index in [1.54, 1.807) is 0 Å². The first kappa shape index (κ1) is 71.0. The molecular formula is C62H124NO8P. The number of esters is 2. The molecule has 0 saturated heterocycles. The molecule has 0 rings (SSSR count). The molecule has 2 unspecified atom stereocenters. The lowest BCUT2D eigenvalue weighted by Crippen LogP contribution is -2.29. The van der Waals surface area contributed by atoms with Crippen molar-refractivity contribution >= 4 is 19.8 Å². The standard InChI is InChI=1S/C62H124NO8P/c1-3-5-7-9-11-13-15-17-19-21-23-25-26-27-28-29-30-31-32-33-34-35-37-39-41-43-45-47-49-51-53-55-62(65)71-60(59-70-72(66,67)69-57-56-63)58-68-61(64)54-52-50-48-46-44-42-40-38-36-24-22-20-18-16-14-12-10-8-6-4-2/h60H,3-59,63H2,1-2H3,(H,66,67). The summed E-state index contributed by atoms with van der Waals surface area (Å²) in [6.07, 6.45) is 67.6. The summed E-state index contributed by atoms with van der Waals surface area (Å²) in [5, 5.41) is 0. The van der Waals surface area contributed by atoms with E-state index in [4.69, 9.17) is 24.3 Å². The molecule has 0 aromatic rings. The van der Waals surface area contributed by atoms with Crippen LogP contribution < -0.4 is 5.73 Å². The van der Waals surface area contributed by atoms with Gasteiger partial charge in [0.25, 0.3) is 0 Å². The molecule has 2 atom stereocenters. The zero-order valence-corrected chi connectivity index (χ0v) is 49.1. The maximum atomic E-state index is 12.7. The smallest absolute Gasteiger partial charge is 0.462 e. The molecule has 0 saturated carbocycles. The lowest BCUT2D eigenvalue weighted by molar-refractivity contribution is -0.161. The number of carbonyl (C=O) groups excluding carboxylic acids is 2. The number of rotatable bonds is 62. The van der Waals surface area contributed by atoms with E-state index in [2.05, 4.69) is 13.8 Å². The van der Waals surface area contributed by atoms with E-state index in [9.17, 15) is 19.0 Å². The Kier molecular flexibility index (Phi) is 58.4. The van der Waals surface area contributed by atoms with E-state index in [1.807, 2.05) is 0 Å². The Morgan fingerprint density at radius 2 is 0.597 bits per heavy atom. The zero-order chi connectivity index (χ0) is 52.4. The molecule has 3 N–H and O–H groups in total. The molecule has 0 radical (unpaired) electrons. The Labute approximate surface area is 447 Å². The Morgan fingerprint density at radius 1 is 0.361 bits per heavy atom. The minimum absolute atomic E-state index is 0.0587. The van der Waals surface area contributed by atoms with E-state index in [0.29, 0.717) is 6.42 Å². The average molecular weight is 1040 g/mol. The van der Waals surface area contributed by atoms with Crippen molar-refractivity contribution in [3.05, 3.63) is 0 Å². The van der Waals surface area contributed by atoms with Crippen LogP contribution >= 0.6 is 7.82 Å². The highest BCUT2D eigenvalue weighted by Crippen LogP contribution is 2.43. The van der Waals surface area contributed by atoms with Crippen LogP contribution in [0.3, 0.4) is 0 Å². The van der Waals surface area contributed by atoms with Gasteiger partial charge < -0.3 is 20.1 Å². The number of unbranched alkanes of at least 4 members (excludes halogenated alkanes) is 49. The van der Waals surface area contributed by atoms with Crippen LogP contribution in [0.5, 0.6) is 0 Å². The van der Waals surface area contributed by atoms with Gasteiger partial charge in [-0.1, -0.05) is 328 Å². The minimum atomic E-state index is -4.38. The van der Waals surface area contributed by atoms with Crippen molar-refractivity contribution < 1.29 is 37.6 Å². The van der Waals surface area contributed by atoms with E-state index in [0.717, 1.165) is 32.1 Å². The third-order valence-electron chi connectivity index (χ3n) is 14.7. The van der Waals surface area contributed by atoms with Gasteiger partial charge in [-0.15, -0.1) is 0 Å². The molecule has 0 spiro atoms. The molecule has 0 aliphatic carbocycles. The van der Waals surface area contributed by atoms with Crippen LogP contribution in [-0.4, -0.2) is 49.3 Å². The van der Waals surface area contributed by atoms with Crippen LogP contribution in [0.25, 0.3) is 0 Å². The number of phosphoric ester groups is 1. The second-order valence-electron chi connectivity index (χ2n) is 22.0. The van der Waals surface area contributed by atoms with E-state index < -0.39 is 26.5 Å². The summed E-state index contributed by atoms with van der Waals surface area (Å²) in [5.41, 5.74) is 5.39. The normalized spacial score (nSPS) is 12.9. The number of carbonyl (C=O) groups is 2. The van der Waals surface area contributed by atoms with Gasteiger partial charge in [0, 0.05) is 19.4 Å². The van der Waals surface area contributed by atoms with Gasteiger partial charge in [0.2, 0.25) is 0 Å². The molecule has 0 aliphatic heterocycles. The molecular weight excluding hydrogens is 918 g/mol. The van der Waals surface area contributed by atoms with Crippen LogP contribution in [0.15, 0.2) is 0 Å². The summed E-state index contributed by atoms with van der Waals surface area (Å²) in [7, 11) is -4.38. The largest absolute Gasteiger partial charge is 0.472 e. The molecule has 0 bridgehead atoms. The molecule has 0 aliphatic rings. The molecule has 0 heterocycles. The van der Waals surface area contributed by atoms with Crippen LogP contribution in [0.4, 0.5) is 0 Å². The van der Waals surface area contributed by atoms with Gasteiger partial charge in [-0.3, -0.25) is 18.6 Å². The number of nitrogens with two attached hydrogens (primary N) is 1. The summed E-state index contributed by atoms with van der Waals surface area (Å²) in [6.45, 7) is 3.83. The fraction of sp³-hybridized carbons (Fsp3) is 0.968. The van der Waals surface area contributed by atoms with Gasteiger partial charge >= 0.3 is 19.8 Å². The monoisotopic (exact) mass is 1040 g/mol. The lowest BCUT2D eigenvalue weighted by Gasteiger charge is -2.19. The Bertz CT molecular complexity index is 1140. The van der Waals surface area contributed by atoms with Gasteiger partial charge in [-0.05, 0) is 12.8 Å². The Morgan fingerprint density at radius 3 is 0.847 bits per heavy atom. The Hall–Kier alpha value is -0.990. The number of hydrogen-bond acceptors (Lipinski definition) is 8. The highest BCUT2D eigenvalue weighted by atomic mass is 31.2. The summed E-state index contributed by atoms with van der Waals surface area (Å²) in [4.78, 5) is 35.2. The van der Waals surface area contributed by atoms with Crippen LogP contribution in [0.1, 0.15) is 354 Å². The summed E-state index contributed by atoms with van der Waals surface area (Å²) in [5.74, 6) is -0.800. The molecule has 0 fully saturated rings. The van der Waals surface area contributed by atoms with Gasteiger partial charge in [-0.2, -0.15) is 0 Å². The second kappa shape index (κ2) is 59.3. The molecule has 10 heteroatoms. The van der Waals surface area contributed by atoms with Crippen molar-refractivity contribution in [3.8, 4) is 0 Å². The number of ether oxygens (including phenoxy) is 2. The first-order valence-corrected chi connectivity index (χ1v) is 33.5. The van der Waals surface area contributed by atoms with Crippen molar-refractivity contribution in [2.24, 2.45) is 5.73 Å². The number of phosphoric acid groups is 1. The molecule has 0 amide bonds. The SMILES string of the molecule is CCCCCCCCCCCCCCCCCCCCCCCCCCCCCCCCCC(=O)OC(COC(=O)CCCCCCCCCCCCCCCCCCCCCC)COP(=O)(O)OCCN. The highest BCUT2D eigenvalue weighted by Gasteiger charge is 2.26. The van der Waals surface area contributed by atoms with E-state index in [-0.39, 0.29) is 38.6 Å². The van der Waals surface area contributed by atoms with Gasteiger partial charge in [-0.25, -0.2) is 4.57 Å². The number of hydrogen-bond donors (Lipinski definition) is 2. The van der Waals surface area contributed by atoms with Gasteiger partial charge in [0.15, 0.2) is 6.10 Å². The molecule has 0 aromatic heterocycles. The molecule has 72 heavy (non-hydrogen) atoms. The van der Waals surface area contributed by atoms with Gasteiger partial charge in [0.05, 0.1) is 13.2 Å². The van der Waals surface area contributed by atoms with Crippen LogP contribution in [-0.2, 0) is 32.7 Å². The van der Waals surface area contributed by atoms with Crippen molar-refractivity contribution in [1.29, 1.82) is 0 Å². The first-order valence-electron chi connectivity index (χ1n) is 32.0. The fourth-order valence-corrected chi connectivity index (χ4v) is 10.8. The molecule has 0 aromatic carbocycles. The van der Waals surface area contributed by atoms with E-state index >= 15 is 0 Å². The summed E-state index contributed by atoms with van der Waals surface area (Å²) < 4.78 is 33.1. The fourth-order valence-electron chi connectivity index (χ4n) is 10.00. The van der Waals surface area contributed by atoms with Crippen molar-refractivity contribution in [3.63, 3.8) is 0 Å². The summed E-state index contributed by atoms with van der Waals surface area (Å²) >= 11 is 0. The lowest BCUT2D eigenvalue weighted by atomic mass is 10.0. The van der Waals surface area contributed by atoms with Crippen molar-refractivity contribution in [2.45, 2.75) is 360 Å². The summed E-state index contributed by atoms with van der Waals surface area (Å²) in [6, 6.07) is 0. The zero-order valence-electron chi connectivity index (χ0n) is 48.2. The van der Waals surface area contributed by atoms with E-state index in [1.165, 1.54) is 289 Å². The first-order chi connectivity index (χ1) is 35.3. The second-order valence-corrected chi connectivity index (χ2v) is 23.5. The van der Waals surface area contributed by atoms with Gasteiger partial charge in [0.1, 0.15) is 6.61 Å². The predicted molar refractivity (Wildman–Crippen MR) is 308 cm³/mol. The maximum Gasteiger partial charge on any atom is 0.472 e. The third kappa shape index (κ3) is 58.3. The quantitative estimate of drug-likeness (QED) is 0.0347. The van der Waals surface area contributed by atoms with Crippen LogP contribution in [0, 0.1) is 0 Å². The third-order valence-corrected chi connectivity index (χ3v) is 15.7. The maximum absolute atomic E-state index is 12.7. The topological polar surface area (TPSA) is 134 Å². The minimum Gasteiger partial charge on any atom is -0.462 e. The molecule has 430 valence electrons.